The van der Waals surface area contributed by atoms with Crippen molar-refractivity contribution in [2.45, 2.75) is 32.2 Å². The molecule has 0 bridgehead atoms. The van der Waals surface area contributed by atoms with Crippen LogP contribution in [-0.2, 0) is 11.2 Å². The first-order chi connectivity index (χ1) is 9.19. The van der Waals surface area contributed by atoms with E-state index >= 15 is 0 Å². The molecular formula is C15H25N3O. The Labute approximate surface area is 116 Å². The van der Waals surface area contributed by atoms with Gasteiger partial charge in [-0.3, -0.25) is 0 Å². The largest absolute Gasteiger partial charge is 0.384 e. The lowest BCUT2D eigenvalue weighted by Crippen LogP contribution is -2.35. The molecule has 2 rings (SSSR count). The molecule has 0 aromatic carbocycles. The number of aromatic nitrogens is 1. The van der Waals surface area contributed by atoms with E-state index < -0.39 is 0 Å². The lowest BCUT2D eigenvalue weighted by atomic mass is 9.98. The van der Waals surface area contributed by atoms with E-state index in [9.17, 15) is 0 Å². The molecule has 1 aromatic heterocycles. The molecule has 1 saturated heterocycles. The second-order valence-corrected chi connectivity index (χ2v) is 5.59. The molecule has 4 heteroatoms. The van der Waals surface area contributed by atoms with Gasteiger partial charge in [0.1, 0.15) is 5.82 Å². The Kier molecular flexibility index (Phi) is 5.16. The van der Waals surface area contributed by atoms with E-state index in [1.54, 1.807) is 7.11 Å². The van der Waals surface area contributed by atoms with Crippen LogP contribution >= 0.6 is 0 Å². The van der Waals surface area contributed by atoms with E-state index in [4.69, 9.17) is 10.5 Å². The Morgan fingerprint density at radius 3 is 2.68 bits per heavy atom. The molecule has 106 valence electrons. The quantitative estimate of drug-likeness (QED) is 0.880. The van der Waals surface area contributed by atoms with Crippen molar-refractivity contribution < 1.29 is 4.74 Å². The van der Waals surface area contributed by atoms with Gasteiger partial charge in [0.2, 0.25) is 0 Å². The molecule has 1 aromatic rings. The first kappa shape index (κ1) is 14.3. The van der Waals surface area contributed by atoms with Gasteiger partial charge in [-0.15, -0.1) is 0 Å². The summed E-state index contributed by atoms with van der Waals surface area (Å²) in [5.74, 6) is 1.79. The molecule has 0 radical (unpaired) electrons. The van der Waals surface area contributed by atoms with Crippen molar-refractivity contribution in [2.24, 2.45) is 11.7 Å². The maximum Gasteiger partial charge on any atom is 0.128 e. The summed E-state index contributed by atoms with van der Waals surface area (Å²) < 4.78 is 5.23. The smallest absolute Gasteiger partial charge is 0.128 e. The SMILES string of the molecule is COCC1CCN(c2ccc(CC(C)N)cn2)CC1. The summed E-state index contributed by atoms with van der Waals surface area (Å²) in [6, 6.07) is 4.46. The normalized spacial score (nSPS) is 18.6. The van der Waals surface area contributed by atoms with Crippen molar-refractivity contribution in [3.8, 4) is 0 Å². The Hall–Kier alpha value is -1.13. The summed E-state index contributed by atoms with van der Waals surface area (Å²) in [4.78, 5) is 6.93. The highest BCUT2D eigenvalue weighted by Crippen LogP contribution is 2.22. The third kappa shape index (κ3) is 4.18. The molecule has 0 spiro atoms. The van der Waals surface area contributed by atoms with Gasteiger partial charge < -0.3 is 15.4 Å². The molecule has 2 heterocycles. The number of pyridine rings is 1. The van der Waals surface area contributed by atoms with Crippen molar-refractivity contribution in [1.29, 1.82) is 0 Å². The first-order valence-electron chi connectivity index (χ1n) is 7.13. The highest BCUT2D eigenvalue weighted by molar-refractivity contribution is 5.39. The van der Waals surface area contributed by atoms with Crippen LogP contribution in [0.3, 0.4) is 0 Å². The number of ether oxygens (including phenoxy) is 1. The van der Waals surface area contributed by atoms with Crippen molar-refractivity contribution >= 4 is 5.82 Å². The lowest BCUT2D eigenvalue weighted by Gasteiger charge is -2.32. The fraction of sp³-hybridized carbons (Fsp3) is 0.667. The Balaban J connectivity index is 1.89. The predicted molar refractivity (Wildman–Crippen MR) is 78.4 cm³/mol. The fourth-order valence-electron chi connectivity index (χ4n) is 2.66. The van der Waals surface area contributed by atoms with Gasteiger partial charge in [-0.25, -0.2) is 4.98 Å². The number of rotatable bonds is 5. The van der Waals surface area contributed by atoms with Crippen LogP contribution < -0.4 is 10.6 Å². The molecule has 0 amide bonds. The van der Waals surface area contributed by atoms with Gasteiger partial charge in [0, 0.05) is 39.0 Å². The minimum atomic E-state index is 0.192. The van der Waals surface area contributed by atoms with Crippen molar-refractivity contribution in [3.05, 3.63) is 23.9 Å². The van der Waals surface area contributed by atoms with Gasteiger partial charge in [0.15, 0.2) is 0 Å². The molecule has 4 nitrogen and oxygen atoms in total. The number of hydrogen-bond acceptors (Lipinski definition) is 4. The first-order valence-corrected chi connectivity index (χ1v) is 7.13. The monoisotopic (exact) mass is 263 g/mol. The third-order valence-corrected chi connectivity index (χ3v) is 3.71. The van der Waals surface area contributed by atoms with E-state index in [0.29, 0.717) is 5.92 Å². The summed E-state index contributed by atoms with van der Waals surface area (Å²) in [5, 5.41) is 0. The van der Waals surface area contributed by atoms with Crippen molar-refractivity contribution in [3.63, 3.8) is 0 Å². The summed E-state index contributed by atoms with van der Waals surface area (Å²) in [7, 11) is 1.78. The molecule has 19 heavy (non-hydrogen) atoms. The minimum Gasteiger partial charge on any atom is -0.384 e. The van der Waals surface area contributed by atoms with E-state index in [1.165, 1.54) is 18.4 Å². The van der Waals surface area contributed by atoms with E-state index in [2.05, 4.69) is 22.0 Å². The third-order valence-electron chi connectivity index (χ3n) is 3.71. The number of methoxy groups -OCH3 is 1. The fourth-order valence-corrected chi connectivity index (χ4v) is 2.66. The van der Waals surface area contributed by atoms with Gasteiger partial charge in [0.25, 0.3) is 0 Å². The van der Waals surface area contributed by atoms with Crippen molar-refractivity contribution in [1.82, 2.24) is 4.98 Å². The Bertz CT molecular complexity index is 369. The number of piperidine rings is 1. The number of hydrogen-bond donors (Lipinski definition) is 1. The number of nitrogens with two attached hydrogens (primary N) is 1. The van der Waals surface area contributed by atoms with Crippen LogP contribution in [0.25, 0.3) is 0 Å². The van der Waals surface area contributed by atoms with Crippen molar-refractivity contribution in [2.75, 3.05) is 31.7 Å². The van der Waals surface area contributed by atoms with Crippen LogP contribution in [0.1, 0.15) is 25.3 Å². The van der Waals surface area contributed by atoms with Gasteiger partial charge in [-0.2, -0.15) is 0 Å². The van der Waals surface area contributed by atoms with Crippen LogP contribution in [0.2, 0.25) is 0 Å². The molecular weight excluding hydrogens is 238 g/mol. The minimum absolute atomic E-state index is 0.192. The van der Waals surface area contributed by atoms with E-state index in [1.807, 2.05) is 13.1 Å². The lowest BCUT2D eigenvalue weighted by molar-refractivity contribution is 0.139. The van der Waals surface area contributed by atoms with Gasteiger partial charge in [-0.1, -0.05) is 6.07 Å². The maximum absolute atomic E-state index is 5.80. The zero-order valence-electron chi connectivity index (χ0n) is 12.0. The highest BCUT2D eigenvalue weighted by Gasteiger charge is 2.19. The zero-order valence-corrected chi connectivity index (χ0v) is 12.0. The van der Waals surface area contributed by atoms with Gasteiger partial charge >= 0.3 is 0 Å². The number of nitrogens with zero attached hydrogens (tertiary/aromatic N) is 2. The average Bonchev–Trinajstić information content (AvgIpc) is 2.40. The van der Waals surface area contributed by atoms with Crippen LogP contribution in [0.15, 0.2) is 18.3 Å². The molecule has 1 atom stereocenters. The molecule has 0 aliphatic carbocycles. The van der Waals surface area contributed by atoms with E-state index in [-0.39, 0.29) is 6.04 Å². The second kappa shape index (κ2) is 6.87. The zero-order chi connectivity index (χ0) is 13.7. The van der Waals surface area contributed by atoms with Crippen LogP contribution in [0.4, 0.5) is 5.82 Å². The molecule has 2 N–H and O–H groups in total. The van der Waals surface area contributed by atoms with Crippen LogP contribution in [-0.4, -0.2) is 37.8 Å². The summed E-state index contributed by atoms with van der Waals surface area (Å²) in [6.07, 6.45) is 5.23. The standard InChI is InChI=1S/C15H25N3O/c1-12(16)9-14-3-4-15(17-10-14)18-7-5-13(6-8-18)11-19-2/h3-4,10,12-13H,5-9,11,16H2,1-2H3. The summed E-state index contributed by atoms with van der Waals surface area (Å²) >= 11 is 0. The summed E-state index contributed by atoms with van der Waals surface area (Å²) in [6.45, 7) is 5.06. The second-order valence-electron chi connectivity index (χ2n) is 5.59. The number of anilines is 1. The average molecular weight is 263 g/mol. The molecule has 1 aliphatic heterocycles. The highest BCUT2D eigenvalue weighted by atomic mass is 16.5. The molecule has 1 fully saturated rings. The van der Waals surface area contributed by atoms with Gasteiger partial charge in [-0.05, 0) is 43.7 Å². The topological polar surface area (TPSA) is 51.4 Å². The maximum atomic E-state index is 5.80. The Morgan fingerprint density at radius 1 is 1.42 bits per heavy atom. The predicted octanol–water partition coefficient (Wildman–Crippen LogP) is 1.83. The summed E-state index contributed by atoms with van der Waals surface area (Å²) in [5.41, 5.74) is 7.01. The molecule has 0 saturated carbocycles. The van der Waals surface area contributed by atoms with Crippen LogP contribution in [0, 0.1) is 5.92 Å². The molecule has 1 unspecified atom stereocenters. The molecule has 1 aliphatic rings. The van der Waals surface area contributed by atoms with Crippen LogP contribution in [0.5, 0.6) is 0 Å². The Morgan fingerprint density at radius 2 is 2.16 bits per heavy atom. The van der Waals surface area contributed by atoms with Gasteiger partial charge in [0.05, 0.1) is 0 Å². The van der Waals surface area contributed by atoms with E-state index in [0.717, 1.165) is 31.9 Å².